The maximum atomic E-state index is 3.92. The lowest BCUT2D eigenvalue weighted by molar-refractivity contribution is 0.147. The molecule has 0 aromatic heterocycles. The van der Waals surface area contributed by atoms with Crippen molar-refractivity contribution in [2.75, 3.05) is 20.6 Å². The largest absolute Gasteiger partial charge is 0.308 e. The minimum Gasteiger partial charge on any atom is -0.308 e. The number of nitrogens with one attached hydrogen (secondary N) is 1. The highest BCUT2D eigenvalue weighted by Gasteiger charge is 2.38. The number of nitrogens with zero attached hydrogens (tertiary/aromatic N) is 1. The third-order valence-electron chi connectivity index (χ3n) is 5.39. The van der Waals surface area contributed by atoms with E-state index in [0.29, 0.717) is 11.6 Å². The number of likely N-dealkylation sites (N-methyl/N-ethyl adjacent to an activating group) is 1. The lowest BCUT2D eigenvalue weighted by Crippen LogP contribution is -2.50. The van der Waals surface area contributed by atoms with Gasteiger partial charge in [0.25, 0.3) is 0 Å². The molecule has 1 aromatic rings. The van der Waals surface area contributed by atoms with Crippen molar-refractivity contribution in [2.24, 2.45) is 5.92 Å². The summed E-state index contributed by atoms with van der Waals surface area (Å²) in [6, 6.07) is 11.6. The van der Waals surface area contributed by atoms with Gasteiger partial charge in [-0.1, -0.05) is 43.2 Å². The standard InChI is InChI=1S/C18H28N2/c1-20(2)18(12-6-7-13-18)14-19-17(16-10-11-16)15-8-4-3-5-9-15/h3-5,8-9,16-17,19H,6-7,10-14H2,1-2H3. The van der Waals surface area contributed by atoms with Gasteiger partial charge in [-0.25, -0.2) is 0 Å². The van der Waals surface area contributed by atoms with Crippen molar-refractivity contribution in [1.82, 2.24) is 10.2 Å². The number of benzene rings is 1. The van der Waals surface area contributed by atoms with Crippen LogP contribution in [-0.2, 0) is 0 Å². The van der Waals surface area contributed by atoms with Crippen LogP contribution in [-0.4, -0.2) is 31.1 Å². The third kappa shape index (κ3) is 2.91. The zero-order chi connectivity index (χ0) is 14.0. The fourth-order valence-electron chi connectivity index (χ4n) is 3.76. The molecule has 0 heterocycles. The Labute approximate surface area is 123 Å². The van der Waals surface area contributed by atoms with E-state index in [9.17, 15) is 0 Å². The van der Waals surface area contributed by atoms with E-state index < -0.39 is 0 Å². The molecule has 110 valence electrons. The summed E-state index contributed by atoms with van der Waals surface area (Å²) in [7, 11) is 4.50. The molecular weight excluding hydrogens is 244 g/mol. The summed E-state index contributed by atoms with van der Waals surface area (Å²) in [6.45, 7) is 1.13. The molecular formula is C18H28N2. The van der Waals surface area contributed by atoms with Crippen LogP contribution in [0.4, 0.5) is 0 Å². The molecule has 2 nitrogen and oxygen atoms in total. The van der Waals surface area contributed by atoms with Crippen LogP contribution in [0.1, 0.15) is 50.1 Å². The zero-order valence-electron chi connectivity index (χ0n) is 12.9. The average Bonchev–Trinajstić information content (AvgIpc) is 3.17. The van der Waals surface area contributed by atoms with Crippen LogP contribution in [0, 0.1) is 5.92 Å². The van der Waals surface area contributed by atoms with Crippen molar-refractivity contribution < 1.29 is 0 Å². The van der Waals surface area contributed by atoms with Crippen molar-refractivity contribution in [2.45, 2.75) is 50.1 Å². The normalized spacial score (nSPS) is 23.1. The predicted octanol–water partition coefficient (Wildman–Crippen LogP) is 3.60. The molecule has 1 N–H and O–H groups in total. The number of hydrogen-bond acceptors (Lipinski definition) is 2. The molecule has 0 spiro atoms. The van der Waals surface area contributed by atoms with Crippen LogP contribution in [0.2, 0.25) is 0 Å². The summed E-state index contributed by atoms with van der Waals surface area (Å²) in [5, 5.41) is 3.92. The summed E-state index contributed by atoms with van der Waals surface area (Å²) >= 11 is 0. The predicted molar refractivity (Wildman–Crippen MR) is 84.8 cm³/mol. The highest BCUT2D eigenvalue weighted by Crippen LogP contribution is 2.42. The van der Waals surface area contributed by atoms with Gasteiger partial charge in [-0.2, -0.15) is 0 Å². The van der Waals surface area contributed by atoms with Gasteiger partial charge < -0.3 is 10.2 Å². The monoisotopic (exact) mass is 272 g/mol. The SMILES string of the molecule is CN(C)C1(CNC(c2ccccc2)C2CC2)CCCC1. The molecule has 3 rings (SSSR count). The van der Waals surface area contributed by atoms with Crippen molar-refractivity contribution in [1.29, 1.82) is 0 Å². The fraction of sp³-hybridized carbons (Fsp3) is 0.667. The van der Waals surface area contributed by atoms with Gasteiger partial charge in [-0.05, 0) is 51.3 Å². The van der Waals surface area contributed by atoms with Crippen molar-refractivity contribution in [3.05, 3.63) is 35.9 Å². The molecule has 1 atom stereocenters. The molecule has 2 saturated carbocycles. The second kappa shape index (κ2) is 5.87. The Hall–Kier alpha value is -0.860. The molecule has 0 aliphatic heterocycles. The van der Waals surface area contributed by atoms with E-state index in [0.717, 1.165) is 12.5 Å². The molecule has 0 bridgehead atoms. The molecule has 1 aromatic carbocycles. The van der Waals surface area contributed by atoms with Crippen LogP contribution in [0.15, 0.2) is 30.3 Å². The maximum Gasteiger partial charge on any atom is 0.0349 e. The second-order valence-corrected chi connectivity index (χ2v) is 6.93. The minimum atomic E-state index is 0.391. The average molecular weight is 272 g/mol. The Bertz CT molecular complexity index is 416. The van der Waals surface area contributed by atoms with Gasteiger partial charge in [0.15, 0.2) is 0 Å². The van der Waals surface area contributed by atoms with Crippen molar-refractivity contribution >= 4 is 0 Å². The molecule has 20 heavy (non-hydrogen) atoms. The molecule has 0 radical (unpaired) electrons. The first-order valence-corrected chi connectivity index (χ1v) is 8.17. The van der Waals surface area contributed by atoms with Gasteiger partial charge >= 0.3 is 0 Å². The summed E-state index contributed by atoms with van der Waals surface area (Å²) in [4.78, 5) is 2.46. The summed E-state index contributed by atoms with van der Waals surface area (Å²) < 4.78 is 0. The Morgan fingerprint density at radius 3 is 2.35 bits per heavy atom. The van der Waals surface area contributed by atoms with E-state index in [1.54, 1.807) is 0 Å². The highest BCUT2D eigenvalue weighted by molar-refractivity contribution is 5.21. The summed E-state index contributed by atoms with van der Waals surface area (Å²) in [5.74, 6) is 0.859. The van der Waals surface area contributed by atoms with E-state index in [1.807, 2.05) is 0 Å². The molecule has 2 aliphatic rings. The lowest BCUT2D eigenvalue weighted by Gasteiger charge is -2.38. The third-order valence-corrected chi connectivity index (χ3v) is 5.39. The van der Waals surface area contributed by atoms with Gasteiger partial charge in [0.05, 0.1) is 0 Å². The number of hydrogen-bond donors (Lipinski definition) is 1. The van der Waals surface area contributed by atoms with Crippen LogP contribution < -0.4 is 5.32 Å². The van der Waals surface area contributed by atoms with Crippen LogP contribution in [0.3, 0.4) is 0 Å². The highest BCUT2D eigenvalue weighted by atomic mass is 15.2. The first kappa shape index (κ1) is 14.1. The van der Waals surface area contributed by atoms with E-state index in [2.05, 4.69) is 54.6 Å². The molecule has 2 fully saturated rings. The van der Waals surface area contributed by atoms with Crippen molar-refractivity contribution in [3.8, 4) is 0 Å². The van der Waals surface area contributed by atoms with Crippen LogP contribution >= 0.6 is 0 Å². The van der Waals surface area contributed by atoms with E-state index >= 15 is 0 Å². The van der Waals surface area contributed by atoms with E-state index in [1.165, 1.54) is 44.1 Å². The van der Waals surface area contributed by atoms with E-state index in [4.69, 9.17) is 0 Å². The summed E-state index contributed by atoms with van der Waals surface area (Å²) in [5.41, 5.74) is 1.86. The van der Waals surface area contributed by atoms with Gasteiger partial charge in [0.2, 0.25) is 0 Å². The first-order valence-electron chi connectivity index (χ1n) is 8.17. The summed E-state index contributed by atoms with van der Waals surface area (Å²) in [6.07, 6.45) is 8.25. The number of rotatable bonds is 6. The fourth-order valence-corrected chi connectivity index (χ4v) is 3.76. The molecule has 1 unspecified atom stereocenters. The Balaban J connectivity index is 1.68. The minimum absolute atomic E-state index is 0.391. The smallest absolute Gasteiger partial charge is 0.0349 e. The Morgan fingerprint density at radius 2 is 1.80 bits per heavy atom. The van der Waals surface area contributed by atoms with Crippen LogP contribution in [0.5, 0.6) is 0 Å². The zero-order valence-corrected chi connectivity index (χ0v) is 12.9. The van der Waals surface area contributed by atoms with Crippen molar-refractivity contribution in [3.63, 3.8) is 0 Å². The first-order chi connectivity index (χ1) is 9.71. The topological polar surface area (TPSA) is 15.3 Å². The van der Waals surface area contributed by atoms with Gasteiger partial charge in [-0.3, -0.25) is 0 Å². The van der Waals surface area contributed by atoms with E-state index in [-0.39, 0.29) is 0 Å². The van der Waals surface area contributed by atoms with Gasteiger partial charge in [0, 0.05) is 18.1 Å². The lowest BCUT2D eigenvalue weighted by atomic mass is 9.94. The second-order valence-electron chi connectivity index (χ2n) is 6.93. The Morgan fingerprint density at radius 1 is 1.15 bits per heavy atom. The molecule has 2 heteroatoms. The van der Waals surface area contributed by atoms with Gasteiger partial charge in [-0.15, -0.1) is 0 Å². The molecule has 2 aliphatic carbocycles. The quantitative estimate of drug-likeness (QED) is 0.851. The maximum absolute atomic E-state index is 3.92. The van der Waals surface area contributed by atoms with Gasteiger partial charge in [0.1, 0.15) is 0 Å². The van der Waals surface area contributed by atoms with Crippen LogP contribution in [0.25, 0.3) is 0 Å². The molecule has 0 saturated heterocycles. The Kier molecular flexibility index (Phi) is 4.13. The molecule has 0 amide bonds.